The normalized spacial score (nSPS) is 17.5. The van der Waals surface area contributed by atoms with E-state index in [1.54, 1.807) is 0 Å². The summed E-state index contributed by atoms with van der Waals surface area (Å²) in [4.78, 5) is 12.8. The lowest BCUT2D eigenvalue weighted by atomic mass is 10.1. The number of aryl methyl sites for hydroxylation is 1. The van der Waals surface area contributed by atoms with Gasteiger partial charge in [0.2, 0.25) is 0 Å². The summed E-state index contributed by atoms with van der Waals surface area (Å²) < 4.78 is 5.34. The highest BCUT2D eigenvalue weighted by molar-refractivity contribution is 5.68. The number of rotatable bonds is 5. The monoisotopic (exact) mass is 263 g/mol. The topological polar surface area (TPSA) is 49.8 Å². The third-order valence-electron chi connectivity index (χ3n) is 3.47. The second-order valence-electron chi connectivity index (χ2n) is 5.17. The van der Waals surface area contributed by atoms with Crippen molar-refractivity contribution in [3.63, 3.8) is 0 Å². The number of benzene rings is 1. The van der Waals surface area contributed by atoms with Crippen LogP contribution in [0.4, 0.5) is 0 Å². The summed E-state index contributed by atoms with van der Waals surface area (Å²) in [7, 11) is 0. The molecule has 4 heteroatoms. The van der Waals surface area contributed by atoms with Crippen molar-refractivity contribution in [2.45, 2.75) is 32.4 Å². The summed E-state index contributed by atoms with van der Waals surface area (Å²) in [6.45, 7) is 4.84. The van der Waals surface area contributed by atoms with Gasteiger partial charge in [0.1, 0.15) is 6.61 Å². The first kappa shape index (κ1) is 14.0. The Hall–Kier alpha value is -1.39. The average Bonchev–Trinajstić information content (AvgIpc) is 2.38. The van der Waals surface area contributed by atoms with E-state index >= 15 is 0 Å². The second kappa shape index (κ2) is 6.68. The first-order valence-corrected chi connectivity index (χ1v) is 6.75. The summed E-state index contributed by atoms with van der Waals surface area (Å²) in [6.07, 6.45) is 1.93. The fraction of sp³-hybridized carbons (Fsp3) is 0.533. The molecule has 0 amide bonds. The number of ether oxygens (including phenoxy) is 1. The van der Waals surface area contributed by atoms with Gasteiger partial charge in [0.05, 0.1) is 6.10 Å². The van der Waals surface area contributed by atoms with Crippen LogP contribution in [0.3, 0.4) is 0 Å². The second-order valence-corrected chi connectivity index (χ2v) is 5.17. The molecule has 1 aromatic rings. The smallest absolute Gasteiger partial charge is 0.329 e. The van der Waals surface area contributed by atoms with E-state index in [0.717, 1.165) is 32.5 Å². The maximum atomic E-state index is 10.4. The minimum Gasteiger partial charge on any atom is -0.480 e. The summed E-state index contributed by atoms with van der Waals surface area (Å²) in [5.74, 6) is -0.887. The number of piperidine rings is 1. The third-order valence-corrected chi connectivity index (χ3v) is 3.47. The maximum Gasteiger partial charge on any atom is 0.329 e. The van der Waals surface area contributed by atoms with Crippen LogP contribution in [0, 0.1) is 6.92 Å². The van der Waals surface area contributed by atoms with Crippen LogP contribution in [0.15, 0.2) is 24.3 Å². The molecule has 0 radical (unpaired) electrons. The van der Waals surface area contributed by atoms with E-state index in [-0.39, 0.29) is 12.7 Å². The number of aliphatic carboxylic acids is 1. The molecule has 1 N–H and O–H groups in total. The minimum atomic E-state index is -0.887. The fourth-order valence-corrected chi connectivity index (χ4v) is 2.49. The molecule has 1 fully saturated rings. The van der Waals surface area contributed by atoms with E-state index in [9.17, 15) is 4.79 Å². The molecule has 1 aliphatic rings. The van der Waals surface area contributed by atoms with Crippen molar-refractivity contribution in [3.05, 3.63) is 35.4 Å². The van der Waals surface area contributed by atoms with E-state index < -0.39 is 5.97 Å². The molecule has 0 spiro atoms. The molecule has 0 aliphatic carbocycles. The van der Waals surface area contributed by atoms with Crippen molar-refractivity contribution in [1.82, 2.24) is 4.90 Å². The molecule has 19 heavy (non-hydrogen) atoms. The van der Waals surface area contributed by atoms with Crippen LogP contribution < -0.4 is 0 Å². The molecule has 0 atom stereocenters. The highest BCUT2D eigenvalue weighted by Gasteiger charge is 2.20. The van der Waals surface area contributed by atoms with Gasteiger partial charge in [-0.05, 0) is 25.3 Å². The van der Waals surface area contributed by atoms with Gasteiger partial charge in [0, 0.05) is 19.6 Å². The Morgan fingerprint density at radius 1 is 1.42 bits per heavy atom. The zero-order valence-corrected chi connectivity index (χ0v) is 11.3. The van der Waals surface area contributed by atoms with Crippen molar-refractivity contribution in [2.24, 2.45) is 0 Å². The Morgan fingerprint density at radius 2 is 2.16 bits per heavy atom. The largest absolute Gasteiger partial charge is 0.480 e. The van der Waals surface area contributed by atoms with Crippen LogP contribution >= 0.6 is 0 Å². The van der Waals surface area contributed by atoms with Crippen LogP contribution in [0.1, 0.15) is 24.0 Å². The Kier molecular flexibility index (Phi) is 4.93. The molecule has 2 rings (SSSR count). The molecular formula is C15H21NO3. The van der Waals surface area contributed by atoms with Gasteiger partial charge in [-0.25, -0.2) is 4.79 Å². The molecule has 1 heterocycles. The Labute approximate surface area is 114 Å². The van der Waals surface area contributed by atoms with Gasteiger partial charge >= 0.3 is 5.97 Å². The summed E-state index contributed by atoms with van der Waals surface area (Å²) in [5.41, 5.74) is 2.63. The predicted molar refractivity (Wildman–Crippen MR) is 73.1 cm³/mol. The lowest BCUT2D eigenvalue weighted by Crippen LogP contribution is -2.37. The maximum absolute atomic E-state index is 10.4. The van der Waals surface area contributed by atoms with E-state index in [0.29, 0.717) is 0 Å². The zero-order valence-electron chi connectivity index (χ0n) is 11.3. The summed E-state index contributed by atoms with van der Waals surface area (Å²) >= 11 is 0. The van der Waals surface area contributed by atoms with Crippen molar-refractivity contribution in [1.29, 1.82) is 0 Å². The van der Waals surface area contributed by atoms with Crippen LogP contribution in [0.2, 0.25) is 0 Å². The molecule has 1 aromatic carbocycles. The van der Waals surface area contributed by atoms with Gasteiger partial charge in [-0.2, -0.15) is 0 Å². The van der Waals surface area contributed by atoms with E-state index in [4.69, 9.17) is 9.84 Å². The van der Waals surface area contributed by atoms with Crippen molar-refractivity contribution >= 4 is 5.97 Å². The number of carbonyl (C=O) groups is 1. The van der Waals surface area contributed by atoms with Gasteiger partial charge in [-0.1, -0.05) is 29.8 Å². The highest BCUT2D eigenvalue weighted by atomic mass is 16.5. The molecule has 0 bridgehead atoms. The molecule has 0 unspecified atom stereocenters. The van der Waals surface area contributed by atoms with Crippen LogP contribution in [-0.2, 0) is 16.1 Å². The Balaban J connectivity index is 1.75. The molecule has 4 nitrogen and oxygen atoms in total. The Bertz CT molecular complexity index is 425. The number of carboxylic acid groups (broad SMARTS) is 1. The standard InChI is InChI=1S/C15H21NO3/c1-12-3-2-4-13(9-12)10-16-7-5-14(6-8-16)19-11-15(17)18/h2-4,9,14H,5-8,10-11H2,1H3,(H,17,18). The summed E-state index contributed by atoms with van der Waals surface area (Å²) in [6, 6.07) is 8.57. The molecule has 0 saturated carbocycles. The number of hydrogen-bond donors (Lipinski definition) is 1. The zero-order chi connectivity index (χ0) is 13.7. The average molecular weight is 263 g/mol. The van der Waals surface area contributed by atoms with Gasteiger partial charge in [-0.3, -0.25) is 4.90 Å². The molecular weight excluding hydrogens is 242 g/mol. The summed E-state index contributed by atoms with van der Waals surface area (Å²) in [5, 5.41) is 8.58. The van der Waals surface area contributed by atoms with E-state index in [2.05, 4.69) is 36.1 Å². The lowest BCUT2D eigenvalue weighted by molar-refractivity contribution is -0.145. The lowest BCUT2D eigenvalue weighted by Gasteiger charge is -2.31. The van der Waals surface area contributed by atoms with Gasteiger partial charge in [-0.15, -0.1) is 0 Å². The van der Waals surface area contributed by atoms with Gasteiger partial charge < -0.3 is 9.84 Å². The predicted octanol–water partition coefficient (Wildman–Crippen LogP) is 2.06. The van der Waals surface area contributed by atoms with Crippen molar-refractivity contribution in [3.8, 4) is 0 Å². The first-order chi connectivity index (χ1) is 9.13. The Morgan fingerprint density at radius 3 is 2.79 bits per heavy atom. The van der Waals surface area contributed by atoms with E-state index in [1.807, 2.05) is 0 Å². The van der Waals surface area contributed by atoms with Crippen LogP contribution in [-0.4, -0.2) is 41.8 Å². The van der Waals surface area contributed by atoms with Crippen LogP contribution in [0.25, 0.3) is 0 Å². The number of hydrogen-bond acceptors (Lipinski definition) is 3. The van der Waals surface area contributed by atoms with Crippen molar-refractivity contribution < 1.29 is 14.6 Å². The number of carboxylic acids is 1. The quantitative estimate of drug-likeness (QED) is 0.883. The minimum absolute atomic E-state index is 0.102. The SMILES string of the molecule is Cc1cccc(CN2CCC(OCC(=O)O)CC2)c1. The molecule has 1 saturated heterocycles. The number of likely N-dealkylation sites (tertiary alicyclic amines) is 1. The van der Waals surface area contributed by atoms with Gasteiger partial charge in [0.25, 0.3) is 0 Å². The fourth-order valence-electron chi connectivity index (χ4n) is 2.49. The van der Waals surface area contributed by atoms with Gasteiger partial charge in [0.15, 0.2) is 0 Å². The van der Waals surface area contributed by atoms with Crippen molar-refractivity contribution in [2.75, 3.05) is 19.7 Å². The van der Waals surface area contributed by atoms with E-state index in [1.165, 1.54) is 11.1 Å². The molecule has 1 aliphatic heterocycles. The highest BCUT2D eigenvalue weighted by Crippen LogP contribution is 2.16. The molecule has 0 aromatic heterocycles. The first-order valence-electron chi connectivity index (χ1n) is 6.75. The molecule has 104 valence electrons. The van der Waals surface area contributed by atoms with Crippen LogP contribution in [0.5, 0.6) is 0 Å². The third kappa shape index (κ3) is 4.65. The number of nitrogens with zero attached hydrogens (tertiary/aromatic N) is 1.